The molecule has 1 aromatic carbocycles. The normalized spacial score (nSPS) is 10.7. The van der Waals surface area contributed by atoms with Crippen LogP contribution in [-0.2, 0) is 6.61 Å². The van der Waals surface area contributed by atoms with Gasteiger partial charge in [-0.05, 0) is 44.9 Å². The number of benzene rings is 1. The summed E-state index contributed by atoms with van der Waals surface area (Å²) in [6, 6.07) is 6.08. The van der Waals surface area contributed by atoms with Gasteiger partial charge < -0.3 is 10.1 Å². The summed E-state index contributed by atoms with van der Waals surface area (Å²) in [5.74, 6) is 0.720. The first-order valence-corrected chi connectivity index (χ1v) is 7.79. The van der Waals surface area contributed by atoms with Crippen LogP contribution in [-0.4, -0.2) is 16.9 Å². The van der Waals surface area contributed by atoms with Gasteiger partial charge in [-0.15, -0.1) is 11.3 Å². The lowest BCUT2D eigenvalue weighted by Gasteiger charge is -2.09. The number of carbonyl (C=O) groups is 1. The number of thiazole rings is 1. The van der Waals surface area contributed by atoms with Crippen molar-refractivity contribution in [1.82, 2.24) is 10.3 Å². The second kappa shape index (κ2) is 6.72. The quantitative estimate of drug-likeness (QED) is 0.920. The fourth-order valence-electron chi connectivity index (χ4n) is 1.84. The zero-order chi connectivity index (χ0) is 15.4. The lowest BCUT2D eigenvalue weighted by Crippen LogP contribution is -2.30. The van der Waals surface area contributed by atoms with Crippen molar-refractivity contribution in [2.24, 2.45) is 0 Å². The van der Waals surface area contributed by atoms with Crippen molar-refractivity contribution >= 4 is 17.2 Å². The van der Waals surface area contributed by atoms with Gasteiger partial charge in [0.25, 0.3) is 5.91 Å². The van der Waals surface area contributed by atoms with Crippen molar-refractivity contribution in [3.05, 3.63) is 45.4 Å². The Hall–Kier alpha value is -1.88. The highest BCUT2D eigenvalue weighted by Gasteiger charge is 2.12. The van der Waals surface area contributed by atoms with Crippen LogP contribution in [0.15, 0.2) is 23.6 Å². The molecule has 0 aliphatic rings. The molecule has 1 N–H and O–H groups in total. The molecule has 0 aliphatic heterocycles. The SMILES string of the molecule is Cc1cccc(OCc2nc(C(=O)NC(C)C)cs2)c1C. The van der Waals surface area contributed by atoms with Gasteiger partial charge in [-0.1, -0.05) is 12.1 Å². The molecule has 5 heteroatoms. The Balaban J connectivity index is 2.00. The van der Waals surface area contributed by atoms with E-state index in [-0.39, 0.29) is 11.9 Å². The Kier molecular flexibility index (Phi) is 4.96. The van der Waals surface area contributed by atoms with Gasteiger partial charge in [-0.25, -0.2) is 4.98 Å². The first-order chi connectivity index (χ1) is 9.97. The van der Waals surface area contributed by atoms with Crippen molar-refractivity contribution in [2.75, 3.05) is 0 Å². The van der Waals surface area contributed by atoms with Gasteiger partial charge in [-0.2, -0.15) is 0 Å². The van der Waals surface area contributed by atoms with Gasteiger partial charge in [0.2, 0.25) is 0 Å². The number of aryl methyl sites for hydroxylation is 1. The molecule has 0 unspecified atom stereocenters. The van der Waals surface area contributed by atoms with Crippen molar-refractivity contribution in [2.45, 2.75) is 40.3 Å². The second-order valence-corrected chi connectivity index (χ2v) is 6.18. The minimum Gasteiger partial charge on any atom is -0.486 e. The van der Waals surface area contributed by atoms with Gasteiger partial charge in [-0.3, -0.25) is 4.79 Å². The van der Waals surface area contributed by atoms with Crippen LogP contribution in [0.2, 0.25) is 0 Å². The molecule has 0 fully saturated rings. The molecule has 112 valence electrons. The molecule has 0 spiro atoms. The van der Waals surface area contributed by atoms with Crippen LogP contribution in [0.4, 0.5) is 0 Å². The smallest absolute Gasteiger partial charge is 0.270 e. The van der Waals surface area contributed by atoms with Crippen LogP contribution in [0, 0.1) is 13.8 Å². The number of rotatable bonds is 5. The van der Waals surface area contributed by atoms with Crippen LogP contribution in [0.25, 0.3) is 0 Å². The summed E-state index contributed by atoms with van der Waals surface area (Å²) in [4.78, 5) is 16.1. The van der Waals surface area contributed by atoms with Crippen molar-refractivity contribution in [3.63, 3.8) is 0 Å². The minimum atomic E-state index is -0.140. The van der Waals surface area contributed by atoms with Crippen molar-refractivity contribution in [3.8, 4) is 5.75 Å². The van der Waals surface area contributed by atoms with Gasteiger partial charge in [0, 0.05) is 11.4 Å². The van der Waals surface area contributed by atoms with E-state index in [0.717, 1.165) is 16.3 Å². The Labute approximate surface area is 129 Å². The summed E-state index contributed by atoms with van der Waals surface area (Å²) in [5.41, 5.74) is 2.78. The largest absolute Gasteiger partial charge is 0.486 e. The Morgan fingerprint density at radius 2 is 2.14 bits per heavy atom. The first kappa shape index (κ1) is 15.5. The number of ether oxygens (including phenoxy) is 1. The molecule has 4 nitrogen and oxygen atoms in total. The summed E-state index contributed by atoms with van der Waals surface area (Å²) in [7, 11) is 0. The third-order valence-corrected chi connectivity index (χ3v) is 3.93. The van der Waals surface area contributed by atoms with Crippen LogP contribution >= 0.6 is 11.3 Å². The predicted octanol–water partition coefficient (Wildman–Crippen LogP) is 3.48. The zero-order valence-corrected chi connectivity index (χ0v) is 13.6. The molecule has 1 heterocycles. The molecule has 0 saturated carbocycles. The molecular weight excluding hydrogens is 284 g/mol. The minimum absolute atomic E-state index is 0.105. The van der Waals surface area contributed by atoms with Crippen LogP contribution in [0.1, 0.15) is 40.5 Å². The first-order valence-electron chi connectivity index (χ1n) is 6.91. The highest BCUT2D eigenvalue weighted by molar-refractivity contribution is 7.09. The standard InChI is InChI=1S/C16H20N2O2S/c1-10(2)17-16(19)13-9-21-15(18-13)8-20-14-7-5-6-11(3)12(14)4/h5-7,9-10H,8H2,1-4H3,(H,17,19). The lowest BCUT2D eigenvalue weighted by molar-refractivity contribution is 0.0938. The second-order valence-electron chi connectivity index (χ2n) is 5.24. The number of aromatic nitrogens is 1. The third-order valence-electron chi connectivity index (χ3n) is 3.11. The highest BCUT2D eigenvalue weighted by Crippen LogP contribution is 2.22. The average Bonchev–Trinajstić information content (AvgIpc) is 2.89. The van der Waals surface area contributed by atoms with E-state index in [1.807, 2.05) is 32.9 Å². The van der Waals surface area contributed by atoms with Gasteiger partial charge in [0.1, 0.15) is 23.1 Å². The van der Waals surface area contributed by atoms with Crippen LogP contribution in [0.5, 0.6) is 5.75 Å². The fourth-order valence-corrected chi connectivity index (χ4v) is 2.52. The van der Waals surface area contributed by atoms with Crippen molar-refractivity contribution < 1.29 is 9.53 Å². The molecule has 1 aromatic heterocycles. The van der Waals surface area contributed by atoms with E-state index < -0.39 is 0 Å². The van der Waals surface area contributed by atoms with Gasteiger partial charge in [0.15, 0.2) is 0 Å². The summed E-state index contributed by atoms with van der Waals surface area (Å²) in [6.07, 6.45) is 0. The molecule has 0 bridgehead atoms. The number of hydrogen-bond donors (Lipinski definition) is 1. The summed E-state index contributed by atoms with van der Waals surface area (Å²) in [5, 5.41) is 5.39. The maximum Gasteiger partial charge on any atom is 0.270 e. The van der Waals surface area contributed by atoms with E-state index in [1.54, 1.807) is 5.38 Å². The number of nitrogens with one attached hydrogen (secondary N) is 1. The van der Waals surface area contributed by atoms with Gasteiger partial charge >= 0.3 is 0 Å². The van der Waals surface area contributed by atoms with E-state index in [0.29, 0.717) is 12.3 Å². The molecule has 0 aliphatic carbocycles. The van der Waals surface area contributed by atoms with Crippen molar-refractivity contribution in [1.29, 1.82) is 0 Å². The maximum atomic E-state index is 11.8. The maximum absolute atomic E-state index is 11.8. The van der Waals surface area contributed by atoms with E-state index in [1.165, 1.54) is 16.9 Å². The fraction of sp³-hybridized carbons (Fsp3) is 0.375. The molecule has 0 atom stereocenters. The molecule has 2 aromatic rings. The number of nitrogens with zero attached hydrogens (tertiary/aromatic N) is 1. The number of amides is 1. The molecule has 1 amide bonds. The predicted molar refractivity (Wildman–Crippen MR) is 85.0 cm³/mol. The molecular formula is C16H20N2O2S. The summed E-state index contributed by atoms with van der Waals surface area (Å²) >= 11 is 1.44. The number of hydrogen-bond acceptors (Lipinski definition) is 4. The zero-order valence-electron chi connectivity index (χ0n) is 12.8. The molecule has 21 heavy (non-hydrogen) atoms. The van der Waals surface area contributed by atoms with E-state index in [2.05, 4.69) is 23.3 Å². The Morgan fingerprint density at radius 1 is 1.38 bits per heavy atom. The van der Waals surface area contributed by atoms with Crippen LogP contribution < -0.4 is 10.1 Å². The Morgan fingerprint density at radius 3 is 2.86 bits per heavy atom. The molecule has 0 saturated heterocycles. The summed E-state index contributed by atoms with van der Waals surface area (Å²) in [6.45, 7) is 8.32. The highest BCUT2D eigenvalue weighted by atomic mass is 32.1. The van der Waals surface area contributed by atoms with E-state index >= 15 is 0 Å². The molecule has 0 radical (unpaired) electrons. The third kappa shape index (κ3) is 4.04. The monoisotopic (exact) mass is 304 g/mol. The summed E-state index contributed by atoms with van der Waals surface area (Å²) < 4.78 is 5.79. The lowest BCUT2D eigenvalue weighted by atomic mass is 10.1. The van der Waals surface area contributed by atoms with Crippen LogP contribution in [0.3, 0.4) is 0 Å². The van der Waals surface area contributed by atoms with E-state index in [4.69, 9.17) is 4.74 Å². The van der Waals surface area contributed by atoms with Gasteiger partial charge in [0.05, 0.1) is 0 Å². The topological polar surface area (TPSA) is 51.2 Å². The average molecular weight is 304 g/mol. The Bertz CT molecular complexity index is 635. The number of carbonyl (C=O) groups excluding carboxylic acids is 1. The molecule has 2 rings (SSSR count). The van der Waals surface area contributed by atoms with E-state index in [9.17, 15) is 4.79 Å².